The third-order valence-electron chi connectivity index (χ3n) is 5.89. The van der Waals surface area contributed by atoms with E-state index in [9.17, 15) is 17.6 Å². The van der Waals surface area contributed by atoms with Crippen LogP contribution in [-0.2, 0) is 6.54 Å². The zero-order chi connectivity index (χ0) is 23.2. The number of hydrogen-bond acceptors (Lipinski definition) is 8. The van der Waals surface area contributed by atoms with Crippen LogP contribution in [0, 0.1) is 24.6 Å². The molecule has 3 aromatic rings. The zero-order valence-corrected chi connectivity index (χ0v) is 17.6. The molecule has 176 valence electrons. The molecule has 2 bridgehead atoms. The molecule has 2 fully saturated rings. The van der Waals surface area contributed by atoms with Crippen molar-refractivity contribution in [2.24, 2.45) is 11.8 Å². The van der Waals surface area contributed by atoms with E-state index in [2.05, 4.69) is 25.5 Å². The lowest BCUT2D eigenvalue weighted by Gasteiger charge is -2.37. The molecule has 0 unspecified atom stereocenters. The monoisotopic (exact) mass is 467 g/mol. The third kappa shape index (κ3) is 4.71. The second-order valence-electron chi connectivity index (χ2n) is 8.35. The van der Waals surface area contributed by atoms with Gasteiger partial charge in [0.25, 0.3) is 0 Å². The number of ether oxygens (including phenoxy) is 1. The van der Waals surface area contributed by atoms with E-state index in [0.717, 1.165) is 18.9 Å². The Morgan fingerprint density at radius 2 is 1.94 bits per heavy atom. The Bertz CT molecular complexity index is 1120. The Morgan fingerprint density at radius 1 is 1.18 bits per heavy atom. The van der Waals surface area contributed by atoms with Crippen molar-refractivity contribution < 1.29 is 26.8 Å². The molecule has 5 rings (SSSR count). The van der Waals surface area contributed by atoms with E-state index in [0.29, 0.717) is 29.6 Å². The molecule has 9 nitrogen and oxygen atoms in total. The molecule has 3 heterocycles. The number of nitrogens with one attached hydrogen (secondary N) is 1. The highest BCUT2D eigenvalue weighted by Crippen LogP contribution is 2.40. The molecule has 1 saturated heterocycles. The van der Waals surface area contributed by atoms with E-state index in [-0.39, 0.29) is 35.6 Å². The fraction of sp³-hybridized carbons (Fsp3) is 0.500. The summed E-state index contributed by atoms with van der Waals surface area (Å²) in [7, 11) is 0. The minimum absolute atomic E-state index is 0.0194. The van der Waals surface area contributed by atoms with Gasteiger partial charge in [-0.3, -0.25) is 0 Å². The standard InChI is InChI=1S/C20H21F4N7O2/c1-11-25-18(33-29-11)30-8-12-5-6-13(9-30)16(12)26-17-27-19(31(28-17)10-20(22,23)24)32-15-4-2-3-14(21)7-15/h2-4,7,12-13,16H,5-6,8-10H2,1H3,(H,26,28)/t12-,13+,16+. The Hall–Kier alpha value is -3.38. The quantitative estimate of drug-likeness (QED) is 0.548. The number of piperidine rings is 1. The molecular weight excluding hydrogens is 446 g/mol. The molecule has 0 spiro atoms. The number of aryl methyl sites for hydroxylation is 1. The first-order valence-corrected chi connectivity index (χ1v) is 10.5. The maximum atomic E-state index is 13.5. The van der Waals surface area contributed by atoms with Gasteiger partial charge >= 0.3 is 18.2 Å². The summed E-state index contributed by atoms with van der Waals surface area (Å²) in [5, 5.41) is 11.0. The van der Waals surface area contributed by atoms with Gasteiger partial charge in [-0.05, 0) is 43.7 Å². The van der Waals surface area contributed by atoms with Crippen LogP contribution in [0.15, 0.2) is 28.8 Å². The second-order valence-corrected chi connectivity index (χ2v) is 8.35. The lowest BCUT2D eigenvalue weighted by atomic mass is 9.92. The van der Waals surface area contributed by atoms with Gasteiger partial charge in [-0.25, -0.2) is 9.07 Å². The average Bonchev–Trinajstić information content (AvgIpc) is 3.37. The highest BCUT2D eigenvalue weighted by atomic mass is 19.4. The first kappa shape index (κ1) is 21.5. The summed E-state index contributed by atoms with van der Waals surface area (Å²) in [6.07, 6.45) is -2.64. The summed E-state index contributed by atoms with van der Waals surface area (Å²) < 4.78 is 64.1. The summed E-state index contributed by atoms with van der Waals surface area (Å²) in [5.74, 6) is 0.460. The predicted octanol–water partition coefficient (Wildman–Crippen LogP) is 3.79. The molecule has 1 aliphatic heterocycles. The number of rotatable bonds is 6. The Balaban J connectivity index is 1.34. The molecule has 0 amide bonds. The van der Waals surface area contributed by atoms with Crippen LogP contribution in [-0.4, -0.2) is 50.2 Å². The van der Waals surface area contributed by atoms with E-state index in [1.807, 2.05) is 4.90 Å². The summed E-state index contributed by atoms with van der Waals surface area (Å²) in [4.78, 5) is 10.5. The van der Waals surface area contributed by atoms with Crippen molar-refractivity contribution in [2.75, 3.05) is 23.3 Å². The van der Waals surface area contributed by atoms with Gasteiger partial charge in [-0.15, -0.1) is 5.10 Å². The Labute approximate surface area is 185 Å². The minimum atomic E-state index is -4.53. The number of benzene rings is 1. The predicted molar refractivity (Wildman–Crippen MR) is 107 cm³/mol. The molecular formula is C20H21F4N7O2. The van der Waals surface area contributed by atoms with Crippen molar-refractivity contribution in [2.45, 2.75) is 38.5 Å². The number of nitrogens with zero attached hydrogens (tertiary/aromatic N) is 6. The van der Waals surface area contributed by atoms with Gasteiger partial charge in [0.05, 0.1) is 0 Å². The lowest BCUT2D eigenvalue weighted by Crippen LogP contribution is -2.48. The summed E-state index contributed by atoms with van der Waals surface area (Å²) >= 11 is 0. The molecule has 3 atom stereocenters. The smallest absolute Gasteiger partial charge is 0.408 e. The SMILES string of the molecule is Cc1noc(N2C[C@H]3CC[C@@H](C2)[C@H]3Nc2nc(Oc3cccc(F)c3)n(CC(F)(F)F)n2)n1. The average molecular weight is 467 g/mol. The third-order valence-corrected chi connectivity index (χ3v) is 5.89. The van der Waals surface area contributed by atoms with Gasteiger partial charge in [0.2, 0.25) is 5.95 Å². The van der Waals surface area contributed by atoms with Gasteiger partial charge in [0, 0.05) is 25.2 Å². The fourth-order valence-corrected chi connectivity index (χ4v) is 4.55. The van der Waals surface area contributed by atoms with Gasteiger partial charge in [-0.2, -0.15) is 23.1 Å². The summed E-state index contributed by atoms with van der Waals surface area (Å²) in [5.41, 5.74) is 0. The van der Waals surface area contributed by atoms with Crippen LogP contribution >= 0.6 is 0 Å². The largest absolute Gasteiger partial charge is 0.424 e. The Morgan fingerprint density at radius 3 is 2.58 bits per heavy atom. The molecule has 1 N–H and O–H groups in total. The van der Waals surface area contributed by atoms with E-state index in [1.165, 1.54) is 18.2 Å². The van der Waals surface area contributed by atoms with Crippen LogP contribution in [0.2, 0.25) is 0 Å². The van der Waals surface area contributed by atoms with Gasteiger partial charge in [0.1, 0.15) is 18.1 Å². The topological polar surface area (TPSA) is 94.1 Å². The molecule has 1 saturated carbocycles. The van der Waals surface area contributed by atoms with Crippen LogP contribution < -0.4 is 15.0 Å². The minimum Gasteiger partial charge on any atom is -0.424 e. The van der Waals surface area contributed by atoms with Crippen molar-refractivity contribution in [1.29, 1.82) is 0 Å². The second kappa shape index (κ2) is 8.19. The zero-order valence-electron chi connectivity index (χ0n) is 17.6. The van der Waals surface area contributed by atoms with Gasteiger partial charge in [0.15, 0.2) is 5.82 Å². The summed E-state index contributed by atoms with van der Waals surface area (Å²) in [6.45, 7) is 1.72. The molecule has 2 aliphatic rings. The van der Waals surface area contributed by atoms with Crippen molar-refractivity contribution in [3.8, 4) is 11.8 Å². The Kier molecular flexibility index (Phi) is 5.33. The number of halogens is 4. The van der Waals surface area contributed by atoms with E-state index >= 15 is 0 Å². The molecule has 1 aromatic carbocycles. The molecule has 33 heavy (non-hydrogen) atoms. The van der Waals surface area contributed by atoms with Crippen molar-refractivity contribution >= 4 is 12.0 Å². The van der Waals surface area contributed by atoms with Crippen LogP contribution in [0.5, 0.6) is 11.8 Å². The van der Waals surface area contributed by atoms with Crippen molar-refractivity contribution in [3.63, 3.8) is 0 Å². The maximum Gasteiger partial charge on any atom is 0.408 e. The van der Waals surface area contributed by atoms with Crippen molar-refractivity contribution in [3.05, 3.63) is 35.9 Å². The molecule has 2 aromatic heterocycles. The number of alkyl halides is 3. The van der Waals surface area contributed by atoms with Crippen molar-refractivity contribution in [1.82, 2.24) is 24.9 Å². The van der Waals surface area contributed by atoms with E-state index in [4.69, 9.17) is 9.26 Å². The van der Waals surface area contributed by atoms with Crippen LogP contribution in [0.25, 0.3) is 0 Å². The number of anilines is 2. The highest BCUT2D eigenvalue weighted by molar-refractivity contribution is 5.35. The molecule has 13 heteroatoms. The first-order valence-electron chi connectivity index (χ1n) is 10.5. The summed E-state index contributed by atoms with van der Waals surface area (Å²) in [6, 6.07) is 5.18. The first-order chi connectivity index (χ1) is 15.7. The van der Waals surface area contributed by atoms with E-state index < -0.39 is 18.5 Å². The van der Waals surface area contributed by atoms with Gasteiger partial charge < -0.3 is 19.5 Å². The number of hydrogen-bond donors (Lipinski definition) is 1. The fourth-order valence-electron chi connectivity index (χ4n) is 4.55. The normalized spacial score (nSPS) is 22.6. The lowest BCUT2D eigenvalue weighted by molar-refractivity contribution is -0.143. The number of fused-ring (bicyclic) bond motifs is 2. The van der Waals surface area contributed by atoms with E-state index in [1.54, 1.807) is 6.92 Å². The highest BCUT2D eigenvalue weighted by Gasteiger charge is 2.44. The van der Waals surface area contributed by atoms with Crippen LogP contribution in [0.3, 0.4) is 0 Å². The molecule has 1 aliphatic carbocycles. The maximum absolute atomic E-state index is 13.5. The van der Waals surface area contributed by atoms with Crippen LogP contribution in [0.4, 0.5) is 29.5 Å². The number of aromatic nitrogens is 5. The van der Waals surface area contributed by atoms with Crippen LogP contribution in [0.1, 0.15) is 18.7 Å². The van der Waals surface area contributed by atoms with Gasteiger partial charge in [-0.1, -0.05) is 11.2 Å². The molecule has 0 radical (unpaired) electrons.